The first-order chi connectivity index (χ1) is 13.3. The Hall–Kier alpha value is -2.22. The monoisotopic (exact) mass is 397 g/mol. The molecule has 0 bridgehead atoms. The number of likely N-dealkylation sites (N-methyl/N-ethyl adjacent to an activating group) is 1. The van der Waals surface area contributed by atoms with Crippen LogP contribution in [0.15, 0.2) is 18.2 Å². The number of carbonyl (C=O) groups is 2. The van der Waals surface area contributed by atoms with E-state index in [-0.39, 0.29) is 24.2 Å². The Morgan fingerprint density at radius 2 is 2.07 bits per heavy atom. The lowest BCUT2D eigenvalue weighted by atomic mass is 10.0. The molecule has 0 aromatic heterocycles. The molecule has 0 aliphatic carbocycles. The van der Waals surface area contributed by atoms with Gasteiger partial charge in [0.2, 0.25) is 0 Å². The highest BCUT2D eigenvalue weighted by atomic mass is 19.1. The molecule has 2 atom stereocenters. The van der Waals surface area contributed by atoms with Crippen molar-refractivity contribution < 1.29 is 23.5 Å². The third-order valence-corrected chi connectivity index (χ3v) is 5.21. The van der Waals surface area contributed by atoms with Crippen molar-refractivity contribution in [3.05, 3.63) is 35.4 Å². The Kier molecular flexibility index (Phi) is 8.17. The molecule has 0 radical (unpaired) electrons. The third kappa shape index (κ3) is 6.15. The smallest absolute Gasteiger partial charge is 0.317 e. The second-order valence-electron chi connectivity index (χ2n) is 7.34. The topological polar surface area (TPSA) is 72.9 Å². The number of nitrogens with zero attached hydrogens (tertiary/aromatic N) is 2. The van der Waals surface area contributed by atoms with Gasteiger partial charge in [-0.05, 0) is 38.8 Å². The minimum absolute atomic E-state index is 0.0285. The summed E-state index contributed by atoms with van der Waals surface area (Å²) in [5.74, 6) is -2.18. The molecule has 156 valence electrons. The predicted molar refractivity (Wildman–Crippen MR) is 102 cm³/mol. The molecule has 8 heteroatoms. The van der Waals surface area contributed by atoms with E-state index in [1.807, 2.05) is 6.92 Å². The number of urea groups is 1. The largest absolute Gasteiger partial charge is 0.480 e. The van der Waals surface area contributed by atoms with Crippen LogP contribution in [0.2, 0.25) is 0 Å². The summed E-state index contributed by atoms with van der Waals surface area (Å²) in [7, 11) is 1.78. The van der Waals surface area contributed by atoms with Gasteiger partial charge in [0.15, 0.2) is 0 Å². The first kappa shape index (κ1) is 22.1. The lowest BCUT2D eigenvalue weighted by Crippen LogP contribution is -2.43. The number of amides is 2. The number of benzene rings is 1. The third-order valence-electron chi connectivity index (χ3n) is 5.21. The summed E-state index contributed by atoms with van der Waals surface area (Å²) in [5.41, 5.74) is 0.283. The van der Waals surface area contributed by atoms with Gasteiger partial charge in [0.25, 0.3) is 0 Å². The van der Waals surface area contributed by atoms with Crippen LogP contribution in [0.25, 0.3) is 0 Å². The van der Waals surface area contributed by atoms with Gasteiger partial charge in [-0.2, -0.15) is 0 Å². The standard InChI is InChI=1S/C20H29F2N3O3/c1-3-5-18(16-8-7-14(21)12-17(16)22)23-20(28)25-10-4-6-15(9-11-25)24(2)13-19(26)27/h7-8,12,15,18H,3-6,9-11,13H2,1-2H3,(H,23,28)(H,26,27). The number of hydrogen-bond donors (Lipinski definition) is 2. The Labute approximate surface area is 164 Å². The summed E-state index contributed by atoms with van der Waals surface area (Å²) < 4.78 is 27.4. The maximum Gasteiger partial charge on any atom is 0.317 e. The SMILES string of the molecule is CCCC(NC(=O)N1CCCC(N(C)CC(=O)O)CC1)c1ccc(F)cc1F. The molecule has 2 N–H and O–H groups in total. The van der Waals surface area contributed by atoms with E-state index in [4.69, 9.17) is 5.11 Å². The molecule has 1 heterocycles. The van der Waals surface area contributed by atoms with Crippen LogP contribution in [0.1, 0.15) is 50.6 Å². The number of nitrogens with one attached hydrogen (secondary N) is 1. The van der Waals surface area contributed by atoms with Gasteiger partial charge in [-0.25, -0.2) is 13.6 Å². The fourth-order valence-electron chi connectivity index (χ4n) is 3.68. The summed E-state index contributed by atoms with van der Waals surface area (Å²) in [5, 5.41) is 11.8. The highest BCUT2D eigenvalue weighted by Gasteiger charge is 2.26. The van der Waals surface area contributed by atoms with Gasteiger partial charge in [0.05, 0.1) is 12.6 Å². The maximum atomic E-state index is 14.2. The van der Waals surface area contributed by atoms with Crippen molar-refractivity contribution in [3.63, 3.8) is 0 Å². The van der Waals surface area contributed by atoms with Crippen LogP contribution in [-0.2, 0) is 4.79 Å². The molecule has 2 unspecified atom stereocenters. The maximum absolute atomic E-state index is 14.2. The Balaban J connectivity index is 2.00. The molecule has 1 aromatic carbocycles. The molecule has 1 aromatic rings. The van der Waals surface area contributed by atoms with Crippen molar-refractivity contribution in [3.8, 4) is 0 Å². The number of likely N-dealkylation sites (tertiary alicyclic amines) is 1. The van der Waals surface area contributed by atoms with E-state index in [1.165, 1.54) is 12.1 Å². The molecule has 1 fully saturated rings. The summed E-state index contributed by atoms with van der Waals surface area (Å²) in [4.78, 5) is 27.2. The first-order valence-corrected chi connectivity index (χ1v) is 9.74. The zero-order valence-corrected chi connectivity index (χ0v) is 16.5. The van der Waals surface area contributed by atoms with Crippen molar-refractivity contribution in [2.75, 3.05) is 26.7 Å². The Morgan fingerprint density at radius 1 is 1.32 bits per heavy atom. The van der Waals surface area contributed by atoms with Crippen LogP contribution >= 0.6 is 0 Å². The van der Waals surface area contributed by atoms with E-state index in [9.17, 15) is 18.4 Å². The molecule has 1 saturated heterocycles. The number of carboxylic acids is 1. The fraction of sp³-hybridized carbons (Fsp3) is 0.600. The average Bonchev–Trinajstić information content (AvgIpc) is 2.87. The van der Waals surface area contributed by atoms with Gasteiger partial charge in [0, 0.05) is 30.8 Å². The summed E-state index contributed by atoms with van der Waals surface area (Å²) in [6.07, 6.45) is 3.56. The van der Waals surface area contributed by atoms with Crippen LogP contribution < -0.4 is 5.32 Å². The number of carbonyl (C=O) groups excluding carboxylic acids is 1. The molecule has 6 nitrogen and oxygen atoms in total. The number of carboxylic acid groups (broad SMARTS) is 1. The van der Waals surface area contributed by atoms with Crippen molar-refractivity contribution in [1.29, 1.82) is 0 Å². The zero-order chi connectivity index (χ0) is 20.7. The average molecular weight is 397 g/mol. The lowest BCUT2D eigenvalue weighted by Gasteiger charge is -2.27. The molecule has 1 aliphatic heterocycles. The van der Waals surface area contributed by atoms with E-state index in [1.54, 1.807) is 16.8 Å². The van der Waals surface area contributed by atoms with Crippen LogP contribution in [0.3, 0.4) is 0 Å². The van der Waals surface area contributed by atoms with Crippen molar-refractivity contribution in [1.82, 2.24) is 15.1 Å². The molecule has 1 aliphatic rings. The van der Waals surface area contributed by atoms with Gasteiger partial charge >= 0.3 is 12.0 Å². The van der Waals surface area contributed by atoms with Crippen molar-refractivity contribution >= 4 is 12.0 Å². The van der Waals surface area contributed by atoms with Crippen LogP contribution in [-0.4, -0.2) is 59.6 Å². The molecule has 28 heavy (non-hydrogen) atoms. The zero-order valence-electron chi connectivity index (χ0n) is 16.5. The van der Waals surface area contributed by atoms with Gasteiger partial charge < -0.3 is 15.3 Å². The summed E-state index contributed by atoms with van der Waals surface area (Å²) in [6.45, 7) is 2.98. The molecular formula is C20H29F2N3O3. The van der Waals surface area contributed by atoms with E-state index < -0.39 is 23.6 Å². The summed E-state index contributed by atoms with van der Waals surface area (Å²) in [6, 6.07) is 2.72. The molecule has 2 rings (SSSR count). The predicted octanol–water partition coefficient (Wildman–Crippen LogP) is 3.39. The number of rotatable bonds is 7. The minimum atomic E-state index is -0.870. The number of hydrogen-bond acceptors (Lipinski definition) is 3. The lowest BCUT2D eigenvalue weighted by molar-refractivity contribution is -0.138. The first-order valence-electron chi connectivity index (χ1n) is 9.74. The van der Waals surface area contributed by atoms with Gasteiger partial charge in [-0.15, -0.1) is 0 Å². The molecular weight excluding hydrogens is 368 g/mol. The van der Waals surface area contributed by atoms with E-state index >= 15 is 0 Å². The second-order valence-corrected chi connectivity index (χ2v) is 7.34. The Bertz CT molecular complexity index is 687. The van der Waals surface area contributed by atoms with Gasteiger partial charge in [-0.3, -0.25) is 9.69 Å². The Morgan fingerprint density at radius 3 is 2.71 bits per heavy atom. The van der Waals surface area contributed by atoms with Crippen LogP contribution in [0, 0.1) is 11.6 Å². The van der Waals surface area contributed by atoms with E-state index in [2.05, 4.69) is 5.32 Å². The second kappa shape index (κ2) is 10.4. The van der Waals surface area contributed by atoms with E-state index in [0.29, 0.717) is 25.9 Å². The van der Waals surface area contributed by atoms with Crippen LogP contribution in [0.5, 0.6) is 0 Å². The number of halogens is 2. The fourth-order valence-corrected chi connectivity index (χ4v) is 3.68. The van der Waals surface area contributed by atoms with Crippen molar-refractivity contribution in [2.24, 2.45) is 0 Å². The van der Waals surface area contributed by atoms with E-state index in [0.717, 1.165) is 25.3 Å². The van der Waals surface area contributed by atoms with Gasteiger partial charge in [-0.1, -0.05) is 19.4 Å². The molecule has 2 amide bonds. The highest BCUT2D eigenvalue weighted by Crippen LogP contribution is 2.23. The summed E-state index contributed by atoms with van der Waals surface area (Å²) >= 11 is 0. The highest BCUT2D eigenvalue weighted by molar-refractivity contribution is 5.74. The van der Waals surface area contributed by atoms with Crippen LogP contribution in [0.4, 0.5) is 13.6 Å². The number of aliphatic carboxylic acids is 1. The minimum Gasteiger partial charge on any atom is -0.480 e. The van der Waals surface area contributed by atoms with Gasteiger partial charge in [0.1, 0.15) is 11.6 Å². The molecule has 0 spiro atoms. The normalized spacial score (nSPS) is 18.6. The quantitative estimate of drug-likeness (QED) is 0.740. The van der Waals surface area contributed by atoms with Crippen molar-refractivity contribution in [2.45, 2.75) is 51.1 Å². The molecule has 0 saturated carbocycles.